The van der Waals surface area contributed by atoms with Crippen molar-refractivity contribution in [1.29, 1.82) is 0 Å². The van der Waals surface area contributed by atoms with E-state index in [1.807, 2.05) is 54.6 Å². The predicted octanol–water partition coefficient (Wildman–Crippen LogP) is 13.3. The molecule has 0 aromatic heterocycles. The second kappa shape index (κ2) is 12.6. The van der Waals surface area contributed by atoms with Crippen LogP contribution in [0.15, 0.2) is 194 Å². The van der Waals surface area contributed by atoms with Crippen molar-refractivity contribution < 1.29 is 0 Å². The number of benzene rings is 9. The number of para-hydroxylation sites is 3. The summed E-state index contributed by atoms with van der Waals surface area (Å²) in [5, 5.41) is 8.50. The number of hydrogen-bond acceptors (Lipinski definition) is 2. The van der Waals surface area contributed by atoms with Crippen molar-refractivity contribution in [2.75, 3.05) is 11.1 Å². The number of nitrogens with one attached hydrogen (secondary N) is 1. The number of rotatable bonds is 3. The lowest BCUT2D eigenvalue weighted by atomic mass is 9.70. The van der Waals surface area contributed by atoms with Crippen LogP contribution in [-0.2, 0) is 5.41 Å². The zero-order chi connectivity index (χ0) is 36.2. The maximum Gasteiger partial charge on any atom is 0.0726 e. The highest BCUT2D eigenvalue weighted by atomic mass is 14.9. The van der Waals surface area contributed by atoms with Crippen LogP contribution in [0.2, 0.25) is 0 Å². The van der Waals surface area contributed by atoms with E-state index in [9.17, 15) is 0 Å². The average Bonchev–Trinajstić information content (AvgIpc) is 3.70. The lowest BCUT2D eigenvalue weighted by Crippen LogP contribution is -2.26. The van der Waals surface area contributed by atoms with E-state index >= 15 is 0 Å². The maximum atomic E-state index is 5.81. The molecular weight excluding hydrogens is 653 g/mol. The first-order valence-corrected chi connectivity index (χ1v) is 18.6. The quantitative estimate of drug-likeness (QED) is 0.181. The molecule has 0 bridgehead atoms. The monoisotopic (exact) mass is 690 g/mol. The first kappa shape index (κ1) is 31.8. The van der Waals surface area contributed by atoms with Gasteiger partial charge in [0.25, 0.3) is 0 Å². The lowest BCUT2D eigenvalue weighted by Gasteiger charge is -2.31. The molecule has 0 aliphatic heterocycles. The van der Waals surface area contributed by atoms with Gasteiger partial charge in [-0.25, -0.2) is 0 Å². The van der Waals surface area contributed by atoms with E-state index in [4.69, 9.17) is 5.73 Å². The Hall–Kier alpha value is -6.90. The van der Waals surface area contributed by atoms with Gasteiger partial charge in [-0.1, -0.05) is 169 Å². The fourth-order valence-electron chi connectivity index (χ4n) is 9.09. The van der Waals surface area contributed by atoms with Gasteiger partial charge in [0.2, 0.25) is 0 Å². The third-order valence-corrected chi connectivity index (χ3v) is 11.3. The third-order valence-electron chi connectivity index (χ3n) is 11.3. The molecule has 0 amide bonds. The van der Waals surface area contributed by atoms with Crippen molar-refractivity contribution in [2.45, 2.75) is 12.3 Å². The molecule has 11 rings (SSSR count). The predicted molar refractivity (Wildman–Crippen MR) is 229 cm³/mol. The summed E-state index contributed by atoms with van der Waals surface area (Å²) < 4.78 is 0. The van der Waals surface area contributed by atoms with Crippen molar-refractivity contribution >= 4 is 38.6 Å². The Morgan fingerprint density at radius 2 is 1.04 bits per heavy atom. The van der Waals surface area contributed by atoms with Gasteiger partial charge in [-0.15, -0.1) is 0 Å². The Balaban J connectivity index is 0.000000218. The van der Waals surface area contributed by atoms with Gasteiger partial charge in [-0.05, 0) is 114 Å². The SMILES string of the molecule is Cc1cccc(-c2cc3c(c4ccccc24)-c2c(ccc4ccccc24)C32c3ccccc3-c3ccccc32)c1.Nc1ccccc1Nc1ccccc1. The molecule has 2 nitrogen and oxygen atoms in total. The van der Waals surface area contributed by atoms with Crippen LogP contribution in [0.3, 0.4) is 0 Å². The van der Waals surface area contributed by atoms with E-state index in [-0.39, 0.29) is 5.41 Å². The molecule has 9 aromatic carbocycles. The number of fused-ring (bicyclic) bond motifs is 14. The molecular formula is C52H38N2. The summed E-state index contributed by atoms with van der Waals surface area (Å²) in [5.41, 5.74) is 23.0. The van der Waals surface area contributed by atoms with Crippen LogP contribution in [0.4, 0.5) is 17.1 Å². The zero-order valence-corrected chi connectivity index (χ0v) is 30.1. The molecule has 3 N–H and O–H groups in total. The van der Waals surface area contributed by atoms with Gasteiger partial charge in [0.05, 0.1) is 16.8 Å². The van der Waals surface area contributed by atoms with Gasteiger partial charge in [0, 0.05) is 5.69 Å². The van der Waals surface area contributed by atoms with E-state index in [0.29, 0.717) is 0 Å². The summed E-state index contributed by atoms with van der Waals surface area (Å²) in [6.45, 7) is 2.19. The topological polar surface area (TPSA) is 38.0 Å². The second-order valence-electron chi connectivity index (χ2n) is 14.4. The summed E-state index contributed by atoms with van der Waals surface area (Å²) in [6.07, 6.45) is 0. The summed E-state index contributed by atoms with van der Waals surface area (Å²) >= 11 is 0. The standard InChI is InChI=1S/C40H26.C12H12N2/c1-25-11-10-13-27(23-25)33-24-37-39(32-18-5-4-15-29(32)33)38-28-14-3-2-12-26(28)21-22-36(38)40(37)34-19-8-6-16-30(34)31-17-7-9-20-35(31)40;13-11-8-4-5-9-12(11)14-10-6-2-1-3-7-10/h2-24H,1H3;1-9,14H,13H2. The molecule has 0 fully saturated rings. The van der Waals surface area contributed by atoms with Crippen molar-refractivity contribution in [2.24, 2.45) is 0 Å². The molecule has 0 radical (unpaired) electrons. The molecule has 2 aliphatic rings. The third kappa shape index (κ3) is 4.81. The number of anilines is 3. The van der Waals surface area contributed by atoms with Crippen molar-refractivity contribution in [1.82, 2.24) is 0 Å². The Kier molecular flexibility index (Phi) is 7.45. The van der Waals surface area contributed by atoms with Crippen molar-refractivity contribution in [3.63, 3.8) is 0 Å². The highest BCUT2D eigenvalue weighted by molar-refractivity contribution is 6.16. The van der Waals surface area contributed by atoms with E-state index in [1.54, 1.807) is 0 Å². The largest absolute Gasteiger partial charge is 0.397 e. The van der Waals surface area contributed by atoms with E-state index < -0.39 is 0 Å². The summed E-state index contributed by atoms with van der Waals surface area (Å²) in [7, 11) is 0. The highest BCUT2D eigenvalue weighted by Crippen LogP contribution is 2.65. The van der Waals surface area contributed by atoms with E-state index in [0.717, 1.165) is 17.1 Å². The first-order valence-electron chi connectivity index (χ1n) is 18.6. The smallest absolute Gasteiger partial charge is 0.0726 e. The molecule has 2 aliphatic carbocycles. The fourth-order valence-corrected chi connectivity index (χ4v) is 9.09. The molecule has 0 atom stereocenters. The molecule has 256 valence electrons. The van der Waals surface area contributed by atoms with Crippen LogP contribution < -0.4 is 11.1 Å². The highest BCUT2D eigenvalue weighted by Gasteiger charge is 2.52. The van der Waals surface area contributed by atoms with Gasteiger partial charge >= 0.3 is 0 Å². The van der Waals surface area contributed by atoms with Crippen molar-refractivity contribution in [3.8, 4) is 33.4 Å². The molecule has 9 aromatic rings. The van der Waals surface area contributed by atoms with Crippen LogP contribution in [0, 0.1) is 6.92 Å². The summed E-state index contributed by atoms with van der Waals surface area (Å²) in [5.74, 6) is 0. The van der Waals surface area contributed by atoms with Gasteiger partial charge in [-0.3, -0.25) is 0 Å². The van der Waals surface area contributed by atoms with Gasteiger partial charge in [0.15, 0.2) is 0 Å². The number of aryl methyl sites for hydroxylation is 1. The van der Waals surface area contributed by atoms with Crippen LogP contribution in [-0.4, -0.2) is 0 Å². The number of hydrogen-bond donors (Lipinski definition) is 2. The minimum atomic E-state index is -0.371. The Morgan fingerprint density at radius 1 is 0.426 bits per heavy atom. The second-order valence-corrected chi connectivity index (χ2v) is 14.4. The minimum Gasteiger partial charge on any atom is -0.397 e. The van der Waals surface area contributed by atoms with Crippen molar-refractivity contribution in [3.05, 3.63) is 222 Å². The normalized spacial score (nSPS) is 12.8. The molecule has 1 spiro atoms. The van der Waals surface area contributed by atoms with Gasteiger partial charge in [-0.2, -0.15) is 0 Å². The average molecular weight is 691 g/mol. The molecule has 54 heavy (non-hydrogen) atoms. The van der Waals surface area contributed by atoms with E-state index in [2.05, 4.69) is 152 Å². The van der Waals surface area contributed by atoms with Gasteiger partial charge < -0.3 is 11.1 Å². The van der Waals surface area contributed by atoms with E-state index in [1.165, 1.54) is 82.7 Å². The Morgan fingerprint density at radius 3 is 1.78 bits per heavy atom. The molecule has 0 saturated heterocycles. The van der Waals surface area contributed by atoms with Gasteiger partial charge in [0.1, 0.15) is 0 Å². The Labute approximate surface area is 316 Å². The maximum absolute atomic E-state index is 5.81. The van der Waals surface area contributed by atoms with Crippen LogP contribution >= 0.6 is 0 Å². The van der Waals surface area contributed by atoms with Crippen LogP contribution in [0.5, 0.6) is 0 Å². The van der Waals surface area contributed by atoms with Crippen LogP contribution in [0.25, 0.3) is 54.9 Å². The Bertz CT molecular complexity index is 2840. The number of nitrogens with two attached hydrogens (primary N) is 1. The first-order chi connectivity index (χ1) is 26.6. The lowest BCUT2D eigenvalue weighted by molar-refractivity contribution is 0.795. The molecule has 0 unspecified atom stereocenters. The number of nitrogen functional groups attached to an aromatic ring is 1. The molecule has 0 saturated carbocycles. The summed E-state index contributed by atoms with van der Waals surface area (Å²) in [6, 6.07) is 70.0. The molecule has 2 heteroatoms. The van der Waals surface area contributed by atoms with Crippen LogP contribution in [0.1, 0.15) is 27.8 Å². The molecule has 0 heterocycles. The fraction of sp³-hybridized carbons (Fsp3) is 0.0385. The zero-order valence-electron chi connectivity index (χ0n) is 30.1. The summed E-state index contributed by atoms with van der Waals surface area (Å²) in [4.78, 5) is 0. The minimum absolute atomic E-state index is 0.371.